The number of aromatic nitrogens is 2. The molecule has 7 nitrogen and oxygen atoms in total. The number of carbonyl (C=O) groups is 1. The zero-order valence-electron chi connectivity index (χ0n) is 15.8. The van der Waals surface area contributed by atoms with Crippen LogP contribution in [-0.2, 0) is 16.6 Å². The van der Waals surface area contributed by atoms with Crippen molar-refractivity contribution in [2.24, 2.45) is 0 Å². The van der Waals surface area contributed by atoms with E-state index in [2.05, 4.69) is 10.4 Å². The number of hydrogen-bond donors (Lipinski definition) is 1. The Morgan fingerprint density at radius 2 is 1.74 bits per heavy atom. The number of rotatable bonds is 5. The van der Waals surface area contributed by atoms with Gasteiger partial charge in [-0.1, -0.05) is 30.5 Å². The number of aryl methyl sites for hydroxylation is 2. The predicted molar refractivity (Wildman–Crippen MR) is 104 cm³/mol. The van der Waals surface area contributed by atoms with Crippen molar-refractivity contribution in [2.45, 2.75) is 51.1 Å². The van der Waals surface area contributed by atoms with Gasteiger partial charge in [-0.2, -0.15) is 9.40 Å². The van der Waals surface area contributed by atoms with Crippen LogP contribution in [0.3, 0.4) is 0 Å². The Bertz CT molecular complexity index is 896. The van der Waals surface area contributed by atoms with Crippen molar-refractivity contribution >= 4 is 21.6 Å². The summed E-state index contributed by atoms with van der Waals surface area (Å²) in [6.45, 7) is 5.25. The molecule has 146 valence electrons. The van der Waals surface area contributed by atoms with Gasteiger partial charge in [0.25, 0.3) is 15.9 Å². The summed E-state index contributed by atoms with van der Waals surface area (Å²) >= 11 is 0. The zero-order chi connectivity index (χ0) is 19.4. The van der Waals surface area contributed by atoms with Gasteiger partial charge in [-0.25, -0.2) is 8.42 Å². The normalized spacial score (nSPS) is 16.1. The molecule has 0 unspecified atom stereocenters. The molecule has 1 N–H and O–H groups in total. The van der Waals surface area contributed by atoms with Crippen LogP contribution >= 0.6 is 0 Å². The average Bonchev–Trinajstić information content (AvgIpc) is 2.91. The maximum atomic E-state index is 13.2. The Kier molecular flexibility index (Phi) is 5.96. The first kappa shape index (κ1) is 19.6. The second-order valence-electron chi connectivity index (χ2n) is 6.84. The van der Waals surface area contributed by atoms with Crippen LogP contribution in [0.2, 0.25) is 0 Å². The fourth-order valence-electron chi connectivity index (χ4n) is 3.15. The van der Waals surface area contributed by atoms with Gasteiger partial charge in [-0.15, -0.1) is 0 Å². The molecule has 1 fully saturated rings. The second-order valence-corrected chi connectivity index (χ2v) is 8.70. The summed E-state index contributed by atoms with van der Waals surface area (Å²) in [5.41, 5.74) is 1.78. The molecule has 27 heavy (non-hydrogen) atoms. The van der Waals surface area contributed by atoms with Crippen LogP contribution in [0, 0.1) is 6.92 Å². The van der Waals surface area contributed by atoms with E-state index in [4.69, 9.17) is 0 Å². The first-order valence-corrected chi connectivity index (χ1v) is 10.8. The minimum absolute atomic E-state index is 0.0849. The SMILES string of the molecule is CCn1cc(C(=O)Nc2ccc(C)cc2)c(S(=O)(=O)N2CCCCCC2)n1. The highest BCUT2D eigenvalue weighted by atomic mass is 32.2. The monoisotopic (exact) mass is 390 g/mol. The van der Waals surface area contributed by atoms with Gasteiger partial charge >= 0.3 is 0 Å². The lowest BCUT2D eigenvalue weighted by molar-refractivity contribution is 0.102. The van der Waals surface area contributed by atoms with Gasteiger partial charge in [-0.3, -0.25) is 9.48 Å². The zero-order valence-corrected chi connectivity index (χ0v) is 16.6. The molecule has 1 amide bonds. The highest BCUT2D eigenvalue weighted by Gasteiger charge is 2.33. The molecular weight excluding hydrogens is 364 g/mol. The van der Waals surface area contributed by atoms with Gasteiger partial charge in [0.05, 0.1) is 5.56 Å². The Labute approximate surface area is 160 Å². The van der Waals surface area contributed by atoms with E-state index in [0.717, 1.165) is 31.2 Å². The van der Waals surface area contributed by atoms with Gasteiger partial charge in [-0.05, 0) is 38.8 Å². The van der Waals surface area contributed by atoms with E-state index < -0.39 is 15.9 Å². The van der Waals surface area contributed by atoms with Crippen molar-refractivity contribution in [2.75, 3.05) is 18.4 Å². The summed E-state index contributed by atoms with van der Waals surface area (Å²) < 4.78 is 29.3. The van der Waals surface area contributed by atoms with Gasteiger partial charge in [0.1, 0.15) is 0 Å². The molecule has 2 aromatic rings. The van der Waals surface area contributed by atoms with E-state index in [1.807, 2.05) is 26.0 Å². The number of anilines is 1. The lowest BCUT2D eigenvalue weighted by atomic mass is 10.2. The number of sulfonamides is 1. The lowest BCUT2D eigenvalue weighted by Crippen LogP contribution is -2.33. The predicted octanol–water partition coefficient (Wildman–Crippen LogP) is 3.03. The number of carbonyl (C=O) groups excluding carboxylic acids is 1. The smallest absolute Gasteiger partial charge is 0.263 e. The molecule has 0 bridgehead atoms. The van der Waals surface area contributed by atoms with Crippen molar-refractivity contribution in [3.05, 3.63) is 41.6 Å². The number of benzene rings is 1. The van der Waals surface area contributed by atoms with E-state index in [0.29, 0.717) is 25.3 Å². The lowest BCUT2D eigenvalue weighted by Gasteiger charge is -2.19. The van der Waals surface area contributed by atoms with E-state index >= 15 is 0 Å². The minimum atomic E-state index is -3.81. The Morgan fingerprint density at radius 3 is 2.33 bits per heavy atom. The van der Waals surface area contributed by atoms with E-state index in [1.54, 1.807) is 12.1 Å². The molecule has 1 aromatic heterocycles. The summed E-state index contributed by atoms with van der Waals surface area (Å²) in [7, 11) is -3.81. The van der Waals surface area contributed by atoms with Crippen LogP contribution in [0.4, 0.5) is 5.69 Å². The third-order valence-corrected chi connectivity index (χ3v) is 6.59. The van der Waals surface area contributed by atoms with Crippen LogP contribution in [0.1, 0.15) is 48.5 Å². The van der Waals surface area contributed by atoms with Crippen LogP contribution in [0.5, 0.6) is 0 Å². The largest absolute Gasteiger partial charge is 0.322 e. The van der Waals surface area contributed by atoms with Crippen molar-refractivity contribution in [3.8, 4) is 0 Å². The van der Waals surface area contributed by atoms with E-state index in [1.165, 1.54) is 15.2 Å². The minimum Gasteiger partial charge on any atom is -0.322 e. The fraction of sp³-hybridized carbons (Fsp3) is 0.474. The molecule has 0 atom stereocenters. The first-order valence-electron chi connectivity index (χ1n) is 9.37. The molecule has 1 aliphatic rings. The van der Waals surface area contributed by atoms with Gasteiger partial charge < -0.3 is 5.32 Å². The average molecular weight is 391 g/mol. The van der Waals surface area contributed by atoms with Gasteiger partial charge in [0.15, 0.2) is 0 Å². The van der Waals surface area contributed by atoms with Crippen LogP contribution in [0.25, 0.3) is 0 Å². The first-order chi connectivity index (χ1) is 12.9. The van der Waals surface area contributed by atoms with Gasteiger partial charge in [0.2, 0.25) is 5.03 Å². The summed E-state index contributed by atoms with van der Waals surface area (Å²) in [5.74, 6) is -0.466. The maximum absolute atomic E-state index is 13.2. The Balaban J connectivity index is 1.92. The highest BCUT2D eigenvalue weighted by Crippen LogP contribution is 2.23. The van der Waals surface area contributed by atoms with Crippen LogP contribution in [0.15, 0.2) is 35.5 Å². The quantitative estimate of drug-likeness (QED) is 0.850. The number of hydrogen-bond acceptors (Lipinski definition) is 4. The maximum Gasteiger partial charge on any atom is 0.263 e. The highest BCUT2D eigenvalue weighted by molar-refractivity contribution is 7.89. The third-order valence-electron chi connectivity index (χ3n) is 4.76. The second kappa shape index (κ2) is 8.22. The molecule has 1 aromatic carbocycles. The van der Waals surface area contributed by atoms with Gasteiger partial charge in [0, 0.05) is 31.5 Å². The molecule has 0 saturated carbocycles. The fourth-order valence-corrected chi connectivity index (χ4v) is 4.77. The number of nitrogens with zero attached hydrogens (tertiary/aromatic N) is 3. The molecule has 1 aliphatic heterocycles. The number of amides is 1. The van der Waals surface area contributed by atoms with Crippen molar-refractivity contribution in [1.82, 2.24) is 14.1 Å². The van der Waals surface area contributed by atoms with E-state index in [-0.39, 0.29) is 10.6 Å². The molecule has 0 spiro atoms. The van der Waals surface area contributed by atoms with E-state index in [9.17, 15) is 13.2 Å². The topological polar surface area (TPSA) is 84.3 Å². The van der Waals surface area contributed by atoms with Crippen LogP contribution < -0.4 is 5.32 Å². The summed E-state index contributed by atoms with van der Waals surface area (Å²) in [6, 6.07) is 7.36. The van der Waals surface area contributed by atoms with Crippen molar-refractivity contribution < 1.29 is 13.2 Å². The summed E-state index contributed by atoms with van der Waals surface area (Å²) in [4.78, 5) is 12.8. The molecule has 1 saturated heterocycles. The van der Waals surface area contributed by atoms with Crippen LogP contribution in [-0.4, -0.2) is 41.5 Å². The summed E-state index contributed by atoms with van der Waals surface area (Å²) in [6.07, 6.45) is 5.22. The number of nitrogens with one attached hydrogen (secondary N) is 1. The third kappa shape index (κ3) is 4.39. The Morgan fingerprint density at radius 1 is 1.11 bits per heavy atom. The molecule has 8 heteroatoms. The molecule has 3 rings (SSSR count). The van der Waals surface area contributed by atoms with Crippen molar-refractivity contribution in [1.29, 1.82) is 0 Å². The van der Waals surface area contributed by atoms with Crippen molar-refractivity contribution in [3.63, 3.8) is 0 Å². The molecular formula is C19H26N4O3S. The molecule has 0 aliphatic carbocycles. The Hall–Kier alpha value is -2.19. The molecule has 0 radical (unpaired) electrons. The standard InChI is InChI=1S/C19H26N4O3S/c1-3-22-14-17(18(24)20-16-10-8-15(2)9-11-16)19(21-22)27(25,26)23-12-6-4-5-7-13-23/h8-11,14H,3-7,12-13H2,1-2H3,(H,20,24). The molecule has 2 heterocycles. The summed E-state index contributed by atoms with van der Waals surface area (Å²) in [5, 5.41) is 6.83.